The van der Waals surface area contributed by atoms with Gasteiger partial charge in [0.2, 0.25) is 0 Å². The highest BCUT2D eigenvalue weighted by molar-refractivity contribution is 4.99. The molecule has 100 valence electrons. The van der Waals surface area contributed by atoms with E-state index in [9.17, 15) is 0 Å². The van der Waals surface area contributed by atoms with Crippen molar-refractivity contribution in [1.29, 1.82) is 0 Å². The molecule has 0 radical (unpaired) electrons. The fourth-order valence-electron chi connectivity index (χ4n) is 3.56. The van der Waals surface area contributed by atoms with Crippen molar-refractivity contribution in [3.63, 3.8) is 0 Å². The van der Waals surface area contributed by atoms with Crippen LogP contribution in [0.5, 0.6) is 0 Å². The molecule has 0 aliphatic carbocycles. The van der Waals surface area contributed by atoms with Crippen molar-refractivity contribution in [1.82, 2.24) is 19.7 Å². The lowest BCUT2D eigenvalue weighted by Crippen LogP contribution is -2.47. The largest absolute Gasteiger partial charge is 0.328 e. The highest BCUT2D eigenvalue weighted by Crippen LogP contribution is 2.36. The third-order valence-corrected chi connectivity index (χ3v) is 4.38. The van der Waals surface area contributed by atoms with E-state index in [1.807, 2.05) is 4.68 Å². The number of hydrogen-bond donors (Lipinski definition) is 1. The van der Waals surface area contributed by atoms with Crippen LogP contribution in [0, 0.1) is 0 Å². The van der Waals surface area contributed by atoms with Gasteiger partial charge >= 0.3 is 0 Å². The number of nitrogens with two attached hydrogens (primary N) is 1. The molecule has 1 aromatic rings. The zero-order valence-electron chi connectivity index (χ0n) is 11.3. The van der Waals surface area contributed by atoms with Crippen LogP contribution in [0.3, 0.4) is 0 Å². The Hall–Kier alpha value is -0.940. The van der Waals surface area contributed by atoms with E-state index in [1.54, 1.807) is 6.33 Å². The maximum atomic E-state index is 6.11. The fourth-order valence-corrected chi connectivity index (χ4v) is 3.56. The molecule has 0 saturated carbocycles. The van der Waals surface area contributed by atoms with Crippen molar-refractivity contribution in [3.8, 4) is 0 Å². The van der Waals surface area contributed by atoms with Crippen LogP contribution in [0.2, 0.25) is 0 Å². The van der Waals surface area contributed by atoms with Crippen molar-refractivity contribution >= 4 is 0 Å². The minimum atomic E-state index is 0.382. The summed E-state index contributed by atoms with van der Waals surface area (Å²) in [6.07, 6.45) is 6.56. The Labute approximate surface area is 108 Å². The standard InChI is InChI=1S/C13H23N5/c1-9(2)18-13(15-8-16-18)7-17-11-3-4-12(17)6-10(14)5-11/h8-12H,3-7,14H2,1-2H3. The van der Waals surface area contributed by atoms with E-state index in [1.165, 1.54) is 12.8 Å². The van der Waals surface area contributed by atoms with Gasteiger partial charge in [0.1, 0.15) is 12.2 Å². The molecule has 2 aliphatic heterocycles. The van der Waals surface area contributed by atoms with Crippen molar-refractivity contribution in [3.05, 3.63) is 12.2 Å². The maximum absolute atomic E-state index is 6.11. The molecule has 0 aromatic carbocycles. The van der Waals surface area contributed by atoms with Crippen LogP contribution in [0.15, 0.2) is 6.33 Å². The first-order chi connectivity index (χ1) is 8.65. The van der Waals surface area contributed by atoms with E-state index in [0.29, 0.717) is 24.2 Å². The monoisotopic (exact) mass is 249 g/mol. The Bertz CT molecular complexity index is 399. The fraction of sp³-hybridized carbons (Fsp3) is 0.846. The maximum Gasteiger partial charge on any atom is 0.141 e. The Morgan fingerprint density at radius 2 is 2.00 bits per heavy atom. The number of piperidine rings is 1. The van der Waals surface area contributed by atoms with E-state index in [2.05, 4.69) is 28.8 Å². The van der Waals surface area contributed by atoms with Crippen LogP contribution in [-0.4, -0.2) is 37.8 Å². The van der Waals surface area contributed by atoms with Crippen LogP contribution in [-0.2, 0) is 6.54 Å². The SMILES string of the molecule is CC(C)n1ncnc1CN1C2CCC1CC(N)C2. The summed E-state index contributed by atoms with van der Waals surface area (Å²) in [5, 5.41) is 4.32. The van der Waals surface area contributed by atoms with Gasteiger partial charge in [0.25, 0.3) is 0 Å². The molecule has 0 amide bonds. The molecule has 2 fully saturated rings. The van der Waals surface area contributed by atoms with Crippen molar-refractivity contribution in [2.45, 2.75) is 70.2 Å². The second kappa shape index (κ2) is 4.63. The molecule has 2 unspecified atom stereocenters. The highest BCUT2D eigenvalue weighted by atomic mass is 15.4. The molecule has 2 atom stereocenters. The Morgan fingerprint density at radius 1 is 1.33 bits per heavy atom. The number of hydrogen-bond acceptors (Lipinski definition) is 4. The summed E-state index contributed by atoms with van der Waals surface area (Å²) in [6, 6.07) is 2.11. The minimum absolute atomic E-state index is 0.382. The predicted octanol–water partition coefficient (Wildman–Crippen LogP) is 1.31. The number of rotatable bonds is 3. The first kappa shape index (κ1) is 12.1. The van der Waals surface area contributed by atoms with E-state index < -0.39 is 0 Å². The smallest absolute Gasteiger partial charge is 0.141 e. The molecule has 2 saturated heterocycles. The summed E-state index contributed by atoms with van der Waals surface area (Å²) in [5.41, 5.74) is 6.11. The van der Waals surface area contributed by atoms with Gasteiger partial charge in [-0.05, 0) is 39.5 Å². The van der Waals surface area contributed by atoms with Crippen LogP contribution >= 0.6 is 0 Å². The summed E-state index contributed by atoms with van der Waals surface area (Å²) >= 11 is 0. The van der Waals surface area contributed by atoms with Crippen LogP contribution in [0.25, 0.3) is 0 Å². The molecule has 1 aromatic heterocycles. The van der Waals surface area contributed by atoms with Gasteiger partial charge in [0.15, 0.2) is 0 Å². The average molecular weight is 249 g/mol. The first-order valence-electron chi connectivity index (χ1n) is 7.05. The summed E-state index contributed by atoms with van der Waals surface area (Å²) in [6.45, 7) is 5.23. The molecule has 5 nitrogen and oxygen atoms in total. The molecule has 3 heterocycles. The van der Waals surface area contributed by atoms with Crippen LogP contribution < -0.4 is 5.73 Å². The Balaban J connectivity index is 1.75. The molecule has 2 bridgehead atoms. The third-order valence-electron chi connectivity index (χ3n) is 4.38. The molecule has 3 rings (SSSR count). The molecule has 5 heteroatoms. The van der Waals surface area contributed by atoms with Crippen LogP contribution in [0.4, 0.5) is 0 Å². The van der Waals surface area contributed by atoms with E-state index in [-0.39, 0.29) is 0 Å². The van der Waals surface area contributed by atoms with E-state index in [0.717, 1.165) is 25.2 Å². The van der Waals surface area contributed by atoms with E-state index in [4.69, 9.17) is 5.73 Å². The zero-order chi connectivity index (χ0) is 12.7. The van der Waals surface area contributed by atoms with Gasteiger partial charge in [-0.25, -0.2) is 9.67 Å². The third kappa shape index (κ3) is 2.06. The van der Waals surface area contributed by atoms with Gasteiger partial charge in [-0.2, -0.15) is 5.10 Å². The van der Waals surface area contributed by atoms with Crippen molar-refractivity contribution in [2.24, 2.45) is 5.73 Å². The van der Waals surface area contributed by atoms with Crippen LogP contribution in [0.1, 0.15) is 51.4 Å². The topological polar surface area (TPSA) is 60.0 Å². The molecule has 0 spiro atoms. The van der Waals surface area contributed by atoms with Crippen molar-refractivity contribution in [2.75, 3.05) is 0 Å². The minimum Gasteiger partial charge on any atom is -0.328 e. The lowest BCUT2D eigenvalue weighted by molar-refractivity contribution is 0.114. The number of fused-ring (bicyclic) bond motifs is 2. The van der Waals surface area contributed by atoms with Gasteiger partial charge in [-0.15, -0.1) is 0 Å². The molecule has 2 aliphatic rings. The number of nitrogens with zero attached hydrogens (tertiary/aromatic N) is 4. The summed E-state index contributed by atoms with van der Waals surface area (Å²) < 4.78 is 2.04. The van der Waals surface area contributed by atoms with Gasteiger partial charge < -0.3 is 5.73 Å². The average Bonchev–Trinajstić information content (AvgIpc) is 2.85. The second-order valence-electron chi connectivity index (χ2n) is 6.00. The van der Waals surface area contributed by atoms with Gasteiger partial charge in [0.05, 0.1) is 6.54 Å². The molecule has 18 heavy (non-hydrogen) atoms. The number of aromatic nitrogens is 3. The first-order valence-corrected chi connectivity index (χ1v) is 7.05. The van der Waals surface area contributed by atoms with Gasteiger partial charge in [0, 0.05) is 24.2 Å². The van der Waals surface area contributed by atoms with Gasteiger partial charge in [-0.3, -0.25) is 4.90 Å². The summed E-state index contributed by atoms with van der Waals surface area (Å²) in [5.74, 6) is 1.09. The lowest BCUT2D eigenvalue weighted by Gasteiger charge is -2.37. The van der Waals surface area contributed by atoms with Crippen molar-refractivity contribution < 1.29 is 0 Å². The van der Waals surface area contributed by atoms with Gasteiger partial charge in [-0.1, -0.05) is 0 Å². The molecule has 2 N–H and O–H groups in total. The quantitative estimate of drug-likeness (QED) is 0.877. The molecular weight excluding hydrogens is 226 g/mol. The van der Waals surface area contributed by atoms with E-state index >= 15 is 0 Å². The lowest BCUT2D eigenvalue weighted by atomic mass is 9.98. The Morgan fingerprint density at radius 3 is 2.61 bits per heavy atom. The zero-order valence-corrected chi connectivity index (χ0v) is 11.3. The predicted molar refractivity (Wildman–Crippen MR) is 70.0 cm³/mol. The summed E-state index contributed by atoms with van der Waals surface area (Å²) in [4.78, 5) is 7.03. The molecular formula is C13H23N5. The Kier molecular flexibility index (Phi) is 3.11. The highest BCUT2D eigenvalue weighted by Gasteiger charge is 2.39. The normalized spacial score (nSPS) is 32.3. The summed E-state index contributed by atoms with van der Waals surface area (Å²) in [7, 11) is 0. The second-order valence-corrected chi connectivity index (χ2v) is 6.00.